The van der Waals surface area contributed by atoms with Gasteiger partial charge in [0, 0.05) is 6.26 Å². The number of nitrogens with two attached hydrogens (primary N) is 1. The van der Waals surface area contributed by atoms with Gasteiger partial charge in [0.25, 0.3) is 0 Å². The van der Waals surface area contributed by atoms with Crippen LogP contribution >= 0.6 is 0 Å². The molecule has 2 rings (SSSR count). The molecule has 0 spiro atoms. The van der Waals surface area contributed by atoms with Crippen LogP contribution in [0.15, 0.2) is 47.4 Å². The van der Waals surface area contributed by atoms with Crippen LogP contribution in [0.5, 0.6) is 11.5 Å². The van der Waals surface area contributed by atoms with Gasteiger partial charge in [-0.2, -0.15) is 0 Å². The molecule has 0 aliphatic carbocycles. The average Bonchev–Trinajstić information content (AvgIpc) is 2.34. The summed E-state index contributed by atoms with van der Waals surface area (Å²) in [7, 11) is -3.25. The van der Waals surface area contributed by atoms with Crippen molar-refractivity contribution in [3.05, 3.63) is 48.0 Å². The molecular weight excluding hydrogens is 262 g/mol. The van der Waals surface area contributed by atoms with Crippen molar-refractivity contribution in [3.8, 4) is 11.5 Å². The third-order valence-electron chi connectivity index (χ3n) is 2.75. The number of aryl methyl sites for hydroxylation is 1. The molecule has 0 saturated heterocycles. The van der Waals surface area contributed by atoms with Crippen molar-refractivity contribution >= 4 is 15.5 Å². The van der Waals surface area contributed by atoms with Crippen molar-refractivity contribution in [1.82, 2.24) is 0 Å². The normalized spacial score (nSPS) is 11.3. The summed E-state index contributed by atoms with van der Waals surface area (Å²) in [6.07, 6.45) is 1.16. The van der Waals surface area contributed by atoms with Crippen molar-refractivity contribution in [2.45, 2.75) is 11.8 Å². The minimum Gasteiger partial charge on any atom is -0.455 e. The predicted octanol–water partition coefficient (Wildman–Crippen LogP) is 2.77. The van der Waals surface area contributed by atoms with Gasteiger partial charge < -0.3 is 10.5 Å². The van der Waals surface area contributed by atoms with E-state index in [9.17, 15) is 8.42 Å². The van der Waals surface area contributed by atoms with E-state index in [-0.39, 0.29) is 4.90 Å². The molecular formula is C14H15NO3S. The van der Waals surface area contributed by atoms with Gasteiger partial charge >= 0.3 is 0 Å². The second kappa shape index (κ2) is 4.93. The lowest BCUT2D eigenvalue weighted by atomic mass is 10.2. The Morgan fingerprint density at radius 3 is 2.47 bits per heavy atom. The van der Waals surface area contributed by atoms with Gasteiger partial charge in [-0.3, -0.25) is 0 Å². The summed E-state index contributed by atoms with van der Waals surface area (Å²) in [5, 5.41) is 0. The quantitative estimate of drug-likeness (QED) is 0.876. The van der Waals surface area contributed by atoms with Crippen LogP contribution in [0.4, 0.5) is 5.69 Å². The van der Waals surface area contributed by atoms with Crippen LogP contribution in [-0.4, -0.2) is 14.7 Å². The Bertz CT molecular complexity index is 708. The SMILES string of the molecule is Cc1cccc(Oc2cccc(S(C)(=O)=O)c2)c1N. The topological polar surface area (TPSA) is 69.4 Å². The number of sulfone groups is 1. The molecule has 0 unspecified atom stereocenters. The van der Waals surface area contributed by atoms with Gasteiger partial charge in [-0.15, -0.1) is 0 Å². The fraction of sp³-hybridized carbons (Fsp3) is 0.143. The molecule has 0 saturated carbocycles. The minimum atomic E-state index is -3.25. The van der Waals surface area contributed by atoms with Crippen LogP contribution in [0.2, 0.25) is 0 Å². The fourth-order valence-corrected chi connectivity index (χ4v) is 2.29. The molecule has 2 N–H and O–H groups in total. The maximum atomic E-state index is 11.5. The predicted molar refractivity (Wildman–Crippen MR) is 75.2 cm³/mol. The van der Waals surface area contributed by atoms with Crippen molar-refractivity contribution < 1.29 is 13.2 Å². The van der Waals surface area contributed by atoms with Crippen molar-refractivity contribution in [1.29, 1.82) is 0 Å². The molecule has 19 heavy (non-hydrogen) atoms. The van der Waals surface area contributed by atoms with Crippen LogP contribution in [0.25, 0.3) is 0 Å². The van der Waals surface area contributed by atoms with Gasteiger partial charge in [-0.25, -0.2) is 8.42 Å². The molecule has 2 aromatic rings. The van der Waals surface area contributed by atoms with Gasteiger partial charge in [0.1, 0.15) is 5.75 Å². The number of nitrogen functional groups attached to an aromatic ring is 1. The zero-order valence-electron chi connectivity index (χ0n) is 10.8. The van der Waals surface area contributed by atoms with Crippen molar-refractivity contribution in [2.24, 2.45) is 0 Å². The average molecular weight is 277 g/mol. The Kier molecular flexibility index (Phi) is 3.48. The first kappa shape index (κ1) is 13.4. The molecule has 0 heterocycles. The maximum Gasteiger partial charge on any atom is 0.175 e. The van der Waals surface area contributed by atoms with Gasteiger partial charge in [0.2, 0.25) is 0 Å². The third-order valence-corrected chi connectivity index (χ3v) is 3.86. The van der Waals surface area contributed by atoms with Crippen molar-refractivity contribution in [2.75, 3.05) is 12.0 Å². The third kappa shape index (κ3) is 3.06. The monoisotopic (exact) mass is 277 g/mol. The summed E-state index contributed by atoms with van der Waals surface area (Å²) in [6.45, 7) is 1.88. The number of hydrogen-bond donors (Lipinski definition) is 1. The molecule has 0 amide bonds. The lowest BCUT2D eigenvalue weighted by Crippen LogP contribution is -1.98. The Morgan fingerprint density at radius 1 is 1.11 bits per heavy atom. The number of hydrogen-bond acceptors (Lipinski definition) is 4. The Balaban J connectivity index is 2.37. The molecule has 0 aromatic heterocycles. The maximum absolute atomic E-state index is 11.5. The summed E-state index contributed by atoms with van der Waals surface area (Å²) < 4.78 is 28.6. The zero-order valence-corrected chi connectivity index (χ0v) is 11.6. The van der Waals surface area contributed by atoms with Gasteiger partial charge in [0.05, 0.1) is 10.6 Å². The van der Waals surface area contributed by atoms with Crippen molar-refractivity contribution in [3.63, 3.8) is 0 Å². The Morgan fingerprint density at radius 2 is 1.79 bits per heavy atom. The van der Waals surface area contributed by atoms with E-state index in [1.807, 2.05) is 19.1 Å². The first-order chi connectivity index (χ1) is 8.88. The summed E-state index contributed by atoms with van der Waals surface area (Å²) in [5.41, 5.74) is 7.37. The molecule has 0 bridgehead atoms. The first-order valence-corrected chi connectivity index (χ1v) is 7.60. The van der Waals surface area contributed by atoms with E-state index in [1.54, 1.807) is 18.2 Å². The molecule has 4 nitrogen and oxygen atoms in total. The standard InChI is InChI=1S/C14H15NO3S/c1-10-5-3-8-13(14(10)15)18-11-6-4-7-12(9-11)19(2,16)17/h3-9H,15H2,1-2H3. The van der Waals surface area contributed by atoms with Crippen LogP contribution in [0.3, 0.4) is 0 Å². The Hall–Kier alpha value is -2.01. The molecule has 0 fully saturated rings. The first-order valence-electron chi connectivity index (χ1n) is 5.71. The number of anilines is 1. The second-order valence-electron chi connectivity index (χ2n) is 4.34. The molecule has 0 aliphatic rings. The van der Waals surface area contributed by atoms with Gasteiger partial charge in [-0.05, 0) is 36.8 Å². The molecule has 5 heteroatoms. The lowest BCUT2D eigenvalue weighted by molar-refractivity contribution is 0.483. The van der Waals surface area contributed by atoms with E-state index in [1.165, 1.54) is 12.1 Å². The number of para-hydroxylation sites is 1. The Labute approximate surface area is 112 Å². The van der Waals surface area contributed by atoms with Gasteiger partial charge in [0.15, 0.2) is 15.6 Å². The van der Waals surface area contributed by atoms with E-state index in [0.717, 1.165) is 11.8 Å². The highest BCUT2D eigenvalue weighted by Crippen LogP contribution is 2.30. The van der Waals surface area contributed by atoms with E-state index < -0.39 is 9.84 Å². The fourth-order valence-electron chi connectivity index (χ4n) is 1.64. The molecule has 100 valence electrons. The number of ether oxygens (including phenoxy) is 1. The summed E-state index contributed by atoms with van der Waals surface area (Å²) in [6, 6.07) is 11.8. The summed E-state index contributed by atoms with van der Waals surface area (Å²) >= 11 is 0. The smallest absolute Gasteiger partial charge is 0.175 e. The molecule has 0 atom stereocenters. The van der Waals surface area contributed by atoms with E-state index in [4.69, 9.17) is 10.5 Å². The summed E-state index contributed by atoms with van der Waals surface area (Å²) in [4.78, 5) is 0.219. The molecule has 0 radical (unpaired) electrons. The van der Waals surface area contributed by atoms with Crippen LogP contribution in [0.1, 0.15) is 5.56 Å². The van der Waals surface area contributed by atoms with Crippen LogP contribution in [0, 0.1) is 6.92 Å². The highest BCUT2D eigenvalue weighted by Gasteiger charge is 2.09. The molecule has 0 aliphatic heterocycles. The highest BCUT2D eigenvalue weighted by atomic mass is 32.2. The lowest BCUT2D eigenvalue weighted by Gasteiger charge is -2.10. The van der Waals surface area contributed by atoms with Crippen LogP contribution < -0.4 is 10.5 Å². The van der Waals surface area contributed by atoms with Crippen LogP contribution in [-0.2, 0) is 9.84 Å². The van der Waals surface area contributed by atoms with E-state index >= 15 is 0 Å². The number of rotatable bonds is 3. The zero-order chi connectivity index (χ0) is 14.0. The summed E-state index contributed by atoms with van der Waals surface area (Å²) in [5.74, 6) is 0.964. The highest BCUT2D eigenvalue weighted by molar-refractivity contribution is 7.90. The minimum absolute atomic E-state index is 0.219. The largest absolute Gasteiger partial charge is 0.455 e. The van der Waals surface area contributed by atoms with Gasteiger partial charge in [-0.1, -0.05) is 18.2 Å². The second-order valence-corrected chi connectivity index (χ2v) is 6.35. The van der Waals surface area contributed by atoms with E-state index in [0.29, 0.717) is 17.2 Å². The van der Waals surface area contributed by atoms with E-state index in [2.05, 4.69) is 0 Å². The molecule has 2 aromatic carbocycles. The number of benzene rings is 2.